The summed E-state index contributed by atoms with van der Waals surface area (Å²) in [4.78, 5) is 28.2. The molecule has 0 N–H and O–H groups in total. The van der Waals surface area contributed by atoms with Crippen LogP contribution in [0.1, 0.15) is 6.42 Å². The van der Waals surface area contributed by atoms with Gasteiger partial charge in [-0.25, -0.2) is 8.42 Å². The van der Waals surface area contributed by atoms with Gasteiger partial charge >= 0.3 is 0 Å². The van der Waals surface area contributed by atoms with Gasteiger partial charge in [-0.2, -0.15) is 4.31 Å². The van der Waals surface area contributed by atoms with Crippen LogP contribution in [0.2, 0.25) is 5.02 Å². The van der Waals surface area contributed by atoms with E-state index in [9.17, 15) is 18.0 Å². The molecule has 3 rings (SSSR count). The second kappa shape index (κ2) is 6.93. The van der Waals surface area contributed by atoms with Crippen LogP contribution in [-0.2, 0) is 19.6 Å². The van der Waals surface area contributed by atoms with Gasteiger partial charge in [0.05, 0.1) is 12.2 Å². The molecule has 0 bridgehead atoms. The summed E-state index contributed by atoms with van der Waals surface area (Å²) in [5.74, 6) is -0.599. The fraction of sp³-hybridized carbons (Fsp3) is 0.500. The highest BCUT2D eigenvalue weighted by molar-refractivity contribution is 7.88. The maximum atomic E-state index is 12.7. The van der Waals surface area contributed by atoms with Crippen molar-refractivity contribution in [3.8, 4) is 0 Å². The van der Waals surface area contributed by atoms with E-state index >= 15 is 0 Å². The molecule has 2 saturated heterocycles. The number of sulfonamides is 1. The fourth-order valence-electron chi connectivity index (χ4n) is 3.26. The first-order valence-electron chi connectivity index (χ1n) is 8.05. The zero-order valence-electron chi connectivity index (χ0n) is 13.9. The SMILES string of the molecule is CS(=O)(=O)N1CCN(C(=O)C2CC(=O)N(c3cccc(Cl)c3)C2)CC1. The summed E-state index contributed by atoms with van der Waals surface area (Å²) in [6.45, 7) is 1.62. The number of carbonyl (C=O) groups is 2. The number of hydrogen-bond acceptors (Lipinski definition) is 4. The third-order valence-electron chi connectivity index (χ3n) is 4.61. The van der Waals surface area contributed by atoms with E-state index in [2.05, 4.69) is 0 Å². The van der Waals surface area contributed by atoms with Crippen molar-refractivity contribution in [1.82, 2.24) is 9.21 Å². The lowest BCUT2D eigenvalue weighted by atomic mass is 10.1. The molecule has 1 aromatic rings. The molecule has 0 saturated carbocycles. The molecule has 0 aliphatic carbocycles. The first-order chi connectivity index (χ1) is 11.8. The van der Waals surface area contributed by atoms with Crippen molar-refractivity contribution in [3.63, 3.8) is 0 Å². The Kier molecular flexibility index (Phi) is 5.04. The first kappa shape index (κ1) is 18.2. The van der Waals surface area contributed by atoms with Gasteiger partial charge in [0.1, 0.15) is 0 Å². The Hall–Kier alpha value is -1.64. The Labute approximate surface area is 152 Å². The maximum absolute atomic E-state index is 12.7. The summed E-state index contributed by atoms with van der Waals surface area (Å²) in [5.41, 5.74) is 0.690. The molecule has 0 spiro atoms. The number of amides is 2. The number of benzene rings is 1. The normalized spacial score (nSPS) is 22.5. The van der Waals surface area contributed by atoms with E-state index < -0.39 is 15.9 Å². The number of piperazine rings is 1. The Bertz CT molecular complexity index is 790. The van der Waals surface area contributed by atoms with E-state index in [0.29, 0.717) is 43.4 Å². The summed E-state index contributed by atoms with van der Waals surface area (Å²) in [5, 5.41) is 0.539. The second-order valence-corrected chi connectivity index (χ2v) is 8.79. The van der Waals surface area contributed by atoms with Crippen molar-refractivity contribution in [3.05, 3.63) is 29.3 Å². The van der Waals surface area contributed by atoms with Crippen LogP contribution in [0.25, 0.3) is 0 Å². The van der Waals surface area contributed by atoms with E-state index in [-0.39, 0.29) is 18.2 Å². The summed E-state index contributed by atoms with van der Waals surface area (Å²) in [7, 11) is -3.23. The Morgan fingerprint density at radius 2 is 1.88 bits per heavy atom. The summed E-state index contributed by atoms with van der Waals surface area (Å²) >= 11 is 5.98. The molecule has 136 valence electrons. The molecule has 9 heteroatoms. The average Bonchev–Trinajstić information content (AvgIpc) is 2.95. The third-order valence-corrected chi connectivity index (χ3v) is 6.15. The van der Waals surface area contributed by atoms with Crippen molar-refractivity contribution in [2.45, 2.75) is 6.42 Å². The number of anilines is 1. The van der Waals surface area contributed by atoms with Gasteiger partial charge in [-0.3, -0.25) is 9.59 Å². The molecule has 1 unspecified atom stereocenters. The zero-order chi connectivity index (χ0) is 18.2. The molecular formula is C16H20ClN3O4S. The van der Waals surface area contributed by atoms with E-state index in [4.69, 9.17) is 11.6 Å². The molecule has 2 heterocycles. The number of nitrogens with zero attached hydrogens (tertiary/aromatic N) is 3. The molecule has 2 aliphatic rings. The summed E-state index contributed by atoms with van der Waals surface area (Å²) in [6, 6.07) is 7.00. The highest BCUT2D eigenvalue weighted by Crippen LogP contribution is 2.28. The predicted molar refractivity (Wildman–Crippen MR) is 94.9 cm³/mol. The van der Waals surface area contributed by atoms with Crippen LogP contribution >= 0.6 is 11.6 Å². The van der Waals surface area contributed by atoms with Crippen molar-refractivity contribution >= 4 is 39.1 Å². The van der Waals surface area contributed by atoms with E-state index in [0.717, 1.165) is 0 Å². The minimum Gasteiger partial charge on any atom is -0.340 e. The summed E-state index contributed by atoms with van der Waals surface area (Å²) < 4.78 is 24.5. The minimum atomic E-state index is -3.23. The van der Waals surface area contributed by atoms with Crippen LogP contribution in [0.5, 0.6) is 0 Å². The Morgan fingerprint density at radius 3 is 2.48 bits per heavy atom. The van der Waals surface area contributed by atoms with E-state index in [1.54, 1.807) is 34.1 Å². The highest BCUT2D eigenvalue weighted by atomic mass is 35.5. The molecule has 2 amide bonds. The maximum Gasteiger partial charge on any atom is 0.228 e. The number of halogens is 1. The lowest BCUT2D eigenvalue weighted by Gasteiger charge is -2.34. The molecule has 2 aliphatic heterocycles. The largest absolute Gasteiger partial charge is 0.340 e. The van der Waals surface area contributed by atoms with Gasteiger partial charge < -0.3 is 9.80 Å². The standard InChI is InChI=1S/C16H20ClN3O4S/c1-25(23,24)19-7-5-18(6-8-19)16(22)12-9-15(21)20(11-12)14-4-2-3-13(17)10-14/h2-4,10,12H,5-9,11H2,1H3. The molecule has 1 atom stereocenters. The number of carbonyl (C=O) groups excluding carboxylic acids is 2. The fourth-order valence-corrected chi connectivity index (χ4v) is 4.28. The van der Waals surface area contributed by atoms with Crippen molar-refractivity contribution in [1.29, 1.82) is 0 Å². The average molecular weight is 386 g/mol. The van der Waals surface area contributed by atoms with Gasteiger partial charge in [0, 0.05) is 49.9 Å². The zero-order valence-corrected chi connectivity index (χ0v) is 15.5. The number of rotatable bonds is 3. The van der Waals surface area contributed by atoms with Crippen LogP contribution in [0.3, 0.4) is 0 Å². The van der Waals surface area contributed by atoms with Gasteiger partial charge in [0.15, 0.2) is 0 Å². The third kappa shape index (κ3) is 3.96. The number of hydrogen-bond donors (Lipinski definition) is 0. The van der Waals surface area contributed by atoms with Crippen LogP contribution in [0.4, 0.5) is 5.69 Å². The first-order valence-corrected chi connectivity index (χ1v) is 10.3. The van der Waals surface area contributed by atoms with Gasteiger partial charge in [-0.15, -0.1) is 0 Å². The minimum absolute atomic E-state index is 0.0916. The van der Waals surface area contributed by atoms with E-state index in [1.165, 1.54) is 10.6 Å². The lowest BCUT2D eigenvalue weighted by Crippen LogP contribution is -2.51. The van der Waals surface area contributed by atoms with Gasteiger partial charge in [0.25, 0.3) is 0 Å². The van der Waals surface area contributed by atoms with Gasteiger partial charge in [0.2, 0.25) is 21.8 Å². The predicted octanol–water partition coefficient (Wildman–Crippen LogP) is 0.797. The molecule has 7 nitrogen and oxygen atoms in total. The van der Waals surface area contributed by atoms with Gasteiger partial charge in [-0.1, -0.05) is 17.7 Å². The van der Waals surface area contributed by atoms with Crippen molar-refractivity contribution in [2.75, 3.05) is 43.9 Å². The van der Waals surface area contributed by atoms with E-state index in [1.807, 2.05) is 0 Å². The van der Waals surface area contributed by atoms with Crippen LogP contribution in [0.15, 0.2) is 24.3 Å². The molecule has 25 heavy (non-hydrogen) atoms. The topological polar surface area (TPSA) is 78.0 Å². The van der Waals surface area contributed by atoms with Crippen LogP contribution < -0.4 is 4.90 Å². The lowest BCUT2D eigenvalue weighted by molar-refractivity contribution is -0.136. The Balaban J connectivity index is 1.64. The summed E-state index contributed by atoms with van der Waals surface area (Å²) in [6.07, 6.45) is 1.33. The molecular weight excluding hydrogens is 366 g/mol. The van der Waals surface area contributed by atoms with Gasteiger partial charge in [-0.05, 0) is 18.2 Å². The highest BCUT2D eigenvalue weighted by Gasteiger charge is 2.38. The van der Waals surface area contributed by atoms with Crippen molar-refractivity contribution < 1.29 is 18.0 Å². The Morgan fingerprint density at radius 1 is 1.20 bits per heavy atom. The van der Waals surface area contributed by atoms with Crippen LogP contribution in [-0.4, -0.2) is 68.4 Å². The smallest absolute Gasteiger partial charge is 0.228 e. The molecule has 2 fully saturated rings. The quantitative estimate of drug-likeness (QED) is 0.771. The molecule has 1 aromatic carbocycles. The van der Waals surface area contributed by atoms with Crippen LogP contribution in [0, 0.1) is 5.92 Å². The van der Waals surface area contributed by atoms with Crippen molar-refractivity contribution in [2.24, 2.45) is 5.92 Å². The second-order valence-electron chi connectivity index (χ2n) is 6.37. The molecule has 0 radical (unpaired) electrons. The molecule has 0 aromatic heterocycles. The monoisotopic (exact) mass is 385 g/mol.